The maximum Gasteiger partial charge on any atom is 0.337 e. The Hall–Kier alpha value is -2.13. The van der Waals surface area contributed by atoms with Crippen LogP contribution in [-0.4, -0.2) is 56.6 Å². The molecule has 1 fully saturated rings. The number of hydrogen-bond donors (Lipinski definition) is 1. The predicted molar refractivity (Wildman–Crippen MR) is 88.0 cm³/mol. The van der Waals surface area contributed by atoms with E-state index in [0.717, 1.165) is 0 Å². The van der Waals surface area contributed by atoms with Crippen molar-refractivity contribution >= 4 is 22.0 Å². The van der Waals surface area contributed by atoms with E-state index in [2.05, 4.69) is 4.74 Å². The molecule has 1 aromatic rings. The van der Waals surface area contributed by atoms with Crippen LogP contribution in [0.4, 0.5) is 0 Å². The van der Waals surface area contributed by atoms with Gasteiger partial charge in [0.1, 0.15) is 10.6 Å². The zero-order chi connectivity index (χ0) is 18.8. The summed E-state index contributed by atoms with van der Waals surface area (Å²) in [5.41, 5.74) is 0.161. The molecule has 2 unspecified atom stereocenters. The van der Waals surface area contributed by atoms with Gasteiger partial charge in [-0.15, -0.1) is 0 Å². The van der Waals surface area contributed by atoms with Gasteiger partial charge in [0.05, 0.1) is 25.7 Å². The van der Waals surface area contributed by atoms with Crippen LogP contribution in [0, 0.1) is 5.92 Å². The highest BCUT2D eigenvalue weighted by Gasteiger charge is 2.38. The maximum absolute atomic E-state index is 13.0. The lowest BCUT2D eigenvalue weighted by Crippen LogP contribution is -2.47. The number of carboxylic acids is 1. The summed E-state index contributed by atoms with van der Waals surface area (Å²) in [7, 11) is -1.45. The van der Waals surface area contributed by atoms with Crippen molar-refractivity contribution in [2.45, 2.75) is 30.7 Å². The van der Waals surface area contributed by atoms with E-state index in [1.54, 1.807) is 6.92 Å². The molecule has 0 amide bonds. The van der Waals surface area contributed by atoms with E-state index in [0.29, 0.717) is 12.8 Å². The van der Waals surface area contributed by atoms with Gasteiger partial charge in [0.25, 0.3) is 0 Å². The maximum atomic E-state index is 13.0. The molecule has 1 saturated heterocycles. The summed E-state index contributed by atoms with van der Waals surface area (Å²) in [6.45, 7) is 1.64. The molecule has 0 radical (unpaired) electrons. The number of carbonyl (C=O) groups is 2. The molecule has 138 valence electrons. The molecular weight excluding hydrogens is 350 g/mol. The normalized spacial score (nSPS) is 21.6. The van der Waals surface area contributed by atoms with Gasteiger partial charge in [-0.2, -0.15) is 4.31 Å². The first-order valence-corrected chi connectivity index (χ1v) is 9.17. The average Bonchev–Trinajstić information content (AvgIpc) is 2.60. The number of methoxy groups -OCH3 is 2. The summed E-state index contributed by atoms with van der Waals surface area (Å²) in [5.74, 6) is -2.36. The molecule has 0 spiro atoms. The van der Waals surface area contributed by atoms with Gasteiger partial charge in [-0.1, -0.05) is 0 Å². The summed E-state index contributed by atoms with van der Waals surface area (Å²) >= 11 is 0. The minimum absolute atomic E-state index is 0.00699. The Morgan fingerprint density at radius 3 is 2.48 bits per heavy atom. The standard InChI is InChI=1S/C16H21NO7S/c1-10-4-5-12(15(18)19)9-17(10)25(21,22)14-7-6-11(16(20)24-3)8-13(14)23-2/h6-8,10,12H,4-5,9H2,1-3H3,(H,18,19). The summed E-state index contributed by atoms with van der Waals surface area (Å²) in [6, 6.07) is 3.58. The molecule has 0 aliphatic carbocycles. The second-order valence-electron chi connectivity index (χ2n) is 5.89. The van der Waals surface area contributed by atoms with Gasteiger partial charge >= 0.3 is 11.9 Å². The highest BCUT2D eigenvalue weighted by atomic mass is 32.2. The van der Waals surface area contributed by atoms with Crippen molar-refractivity contribution in [1.29, 1.82) is 0 Å². The smallest absolute Gasteiger partial charge is 0.337 e. The molecule has 25 heavy (non-hydrogen) atoms. The van der Waals surface area contributed by atoms with E-state index >= 15 is 0 Å². The largest absolute Gasteiger partial charge is 0.495 e. The SMILES string of the molecule is COC(=O)c1ccc(S(=O)(=O)N2CC(C(=O)O)CCC2C)c(OC)c1. The van der Waals surface area contributed by atoms with Crippen molar-refractivity contribution in [1.82, 2.24) is 4.31 Å². The third kappa shape index (κ3) is 3.77. The van der Waals surface area contributed by atoms with E-state index in [4.69, 9.17) is 4.74 Å². The molecule has 9 heteroatoms. The lowest BCUT2D eigenvalue weighted by atomic mass is 9.96. The molecule has 8 nitrogen and oxygen atoms in total. The van der Waals surface area contributed by atoms with E-state index in [9.17, 15) is 23.1 Å². The number of nitrogens with zero attached hydrogens (tertiary/aromatic N) is 1. The summed E-state index contributed by atoms with van der Waals surface area (Å²) in [4.78, 5) is 22.7. The van der Waals surface area contributed by atoms with Crippen molar-refractivity contribution in [2.75, 3.05) is 20.8 Å². The summed E-state index contributed by atoms with van der Waals surface area (Å²) in [5, 5.41) is 9.21. The van der Waals surface area contributed by atoms with Gasteiger partial charge in [0, 0.05) is 12.6 Å². The van der Waals surface area contributed by atoms with Crippen molar-refractivity contribution in [3.05, 3.63) is 23.8 Å². The minimum atomic E-state index is -3.98. The Morgan fingerprint density at radius 1 is 1.24 bits per heavy atom. The molecule has 2 atom stereocenters. The zero-order valence-electron chi connectivity index (χ0n) is 14.3. The van der Waals surface area contributed by atoms with Gasteiger partial charge in [0.15, 0.2) is 0 Å². The van der Waals surface area contributed by atoms with Crippen LogP contribution in [0.2, 0.25) is 0 Å². The first-order valence-electron chi connectivity index (χ1n) is 7.73. The van der Waals surface area contributed by atoms with Gasteiger partial charge in [-0.25, -0.2) is 13.2 Å². The van der Waals surface area contributed by atoms with Gasteiger partial charge in [-0.05, 0) is 38.0 Å². The number of rotatable bonds is 5. The zero-order valence-corrected chi connectivity index (χ0v) is 15.1. The summed E-state index contributed by atoms with van der Waals surface area (Å²) in [6.07, 6.45) is 0.889. The summed E-state index contributed by atoms with van der Waals surface area (Å²) < 4.78 is 37.0. The number of piperidine rings is 1. The molecule has 1 N–H and O–H groups in total. The van der Waals surface area contributed by atoms with Crippen LogP contribution in [0.15, 0.2) is 23.1 Å². The number of carboxylic acid groups (broad SMARTS) is 1. The molecule has 0 saturated carbocycles. The van der Waals surface area contributed by atoms with Crippen molar-refractivity contribution in [2.24, 2.45) is 5.92 Å². The highest BCUT2D eigenvalue weighted by Crippen LogP contribution is 2.33. The Morgan fingerprint density at radius 2 is 1.92 bits per heavy atom. The van der Waals surface area contributed by atoms with Crippen LogP contribution in [0.1, 0.15) is 30.1 Å². The fourth-order valence-electron chi connectivity index (χ4n) is 2.86. The lowest BCUT2D eigenvalue weighted by molar-refractivity contribution is -0.143. The van der Waals surface area contributed by atoms with E-state index in [1.807, 2.05) is 0 Å². The first kappa shape index (κ1) is 19.2. The van der Waals surface area contributed by atoms with Gasteiger partial charge in [-0.3, -0.25) is 4.79 Å². The molecule has 1 aliphatic heterocycles. The molecule has 2 rings (SSSR count). The number of hydrogen-bond acceptors (Lipinski definition) is 6. The fraction of sp³-hybridized carbons (Fsp3) is 0.500. The third-order valence-corrected chi connectivity index (χ3v) is 6.36. The third-order valence-electron chi connectivity index (χ3n) is 4.35. The van der Waals surface area contributed by atoms with Crippen molar-refractivity contribution in [3.63, 3.8) is 0 Å². The monoisotopic (exact) mass is 371 g/mol. The Labute approximate surface area is 146 Å². The van der Waals surface area contributed by atoms with Crippen molar-refractivity contribution in [3.8, 4) is 5.75 Å². The number of carbonyl (C=O) groups excluding carboxylic acids is 1. The van der Waals surface area contributed by atoms with Gasteiger partial charge < -0.3 is 14.6 Å². The highest BCUT2D eigenvalue weighted by molar-refractivity contribution is 7.89. The van der Waals surface area contributed by atoms with Crippen LogP contribution in [0.3, 0.4) is 0 Å². The number of ether oxygens (including phenoxy) is 2. The van der Waals surface area contributed by atoms with Crippen LogP contribution >= 0.6 is 0 Å². The fourth-order valence-corrected chi connectivity index (χ4v) is 4.71. The van der Waals surface area contributed by atoms with Crippen LogP contribution in [0.25, 0.3) is 0 Å². The Balaban J connectivity index is 2.44. The Kier molecular flexibility index (Phi) is 5.69. The second-order valence-corrected chi connectivity index (χ2v) is 7.75. The predicted octanol–water partition coefficient (Wildman–Crippen LogP) is 1.36. The second kappa shape index (κ2) is 7.40. The molecule has 1 aromatic carbocycles. The molecule has 0 aromatic heterocycles. The number of benzene rings is 1. The lowest BCUT2D eigenvalue weighted by Gasteiger charge is -2.35. The number of sulfonamides is 1. The molecule has 1 heterocycles. The molecule has 1 aliphatic rings. The Bertz CT molecular complexity index is 775. The average molecular weight is 371 g/mol. The van der Waals surface area contributed by atoms with Crippen molar-refractivity contribution < 1.29 is 32.6 Å². The van der Waals surface area contributed by atoms with E-state index in [1.165, 1.54) is 36.7 Å². The minimum Gasteiger partial charge on any atom is -0.495 e. The topological polar surface area (TPSA) is 110 Å². The van der Waals surface area contributed by atoms with E-state index < -0.39 is 27.9 Å². The number of esters is 1. The molecule has 0 bridgehead atoms. The number of aliphatic carboxylic acids is 1. The van der Waals surface area contributed by atoms with Crippen LogP contribution < -0.4 is 4.74 Å². The first-order chi connectivity index (χ1) is 11.7. The van der Waals surface area contributed by atoms with E-state index in [-0.39, 0.29) is 28.8 Å². The molecular formula is C16H21NO7S. The van der Waals surface area contributed by atoms with Crippen LogP contribution in [-0.2, 0) is 19.6 Å². The quantitative estimate of drug-likeness (QED) is 0.778. The van der Waals surface area contributed by atoms with Gasteiger partial charge in [0.2, 0.25) is 10.0 Å². The van der Waals surface area contributed by atoms with Crippen LogP contribution in [0.5, 0.6) is 5.75 Å².